The first-order valence-electron chi connectivity index (χ1n) is 9.26. The lowest BCUT2D eigenvalue weighted by molar-refractivity contribution is 0.295. The minimum absolute atomic E-state index is 0.269. The van der Waals surface area contributed by atoms with E-state index in [-0.39, 0.29) is 6.61 Å². The molecule has 0 saturated heterocycles. The molecule has 6 nitrogen and oxygen atoms in total. The summed E-state index contributed by atoms with van der Waals surface area (Å²) in [5.74, 6) is 2.84. The molecule has 7 heteroatoms. The van der Waals surface area contributed by atoms with Crippen LogP contribution in [0.1, 0.15) is 24.2 Å². The largest absolute Gasteiger partial charge is 0.486 e. The summed E-state index contributed by atoms with van der Waals surface area (Å²) >= 11 is 5.91. The normalized spacial score (nSPS) is 13.7. The topological polar surface area (TPSA) is 72.2 Å². The number of ether oxygens (including phenoxy) is 1. The first-order valence-corrected chi connectivity index (χ1v) is 9.64. The van der Waals surface area contributed by atoms with Crippen LogP contribution in [-0.4, -0.2) is 16.5 Å². The Bertz CT molecular complexity index is 1060. The second-order valence-electron chi connectivity index (χ2n) is 6.76. The molecule has 3 heterocycles. The van der Waals surface area contributed by atoms with Crippen LogP contribution in [0.2, 0.25) is 5.02 Å². The molecule has 0 saturated carbocycles. The number of hydrogen-bond donors (Lipinski definition) is 2. The molecule has 0 unspecified atom stereocenters. The molecule has 148 valence electrons. The molecule has 3 aromatic rings. The van der Waals surface area contributed by atoms with Crippen LogP contribution in [0.15, 0.2) is 70.5 Å². The smallest absolute Gasteiger partial charge is 0.168 e. The van der Waals surface area contributed by atoms with Gasteiger partial charge in [-0.1, -0.05) is 11.6 Å². The first-order chi connectivity index (χ1) is 14.1. The number of rotatable bonds is 6. The van der Waals surface area contributed by atoms with Crippen molar-refractivity contribution < 1.29 is 9.15 Å². The molecule has 2 N–H and O–H groups in total. The van der Waals surface area contributed by atoms with Gasteiger partial charge in [-0.05, 0) is 61.9 Å². The maximum atomic E-state index is 5.91. The van der Waals surface area contributed by atoms with Crippen molar-refractivity contribution in [3.63, 3.8) is 0 Å². The zero-order valence-electron chi connectivity index (χ0n) is 16.2. The number of allylic oxidation sites excluding steroid dienone is 1. The van der Waals surface area contributed by atoms with Crippen molar-refractivity contribution in [3.05, 3.63) is 88.4 Å². The van der Waals surface area contributed by atoms with Gasteiger partial charge < -0.3 is 19.8 Å². The zero-order valence-corrected chi connectivity index (χ0v) is 17.0. The molecule has 0 atom stereocenters. The summed E-state index contributed by atoms with van der Waals surface area (Å²) in [5.41, 5.74) is 3.95. The van der Waals surface area contributed by atoms with Crippen LogP contribution in [-0.2, 0) is 6.61 Å². The minimum Gasteiger partial charge on any atom is -0.486 e. The number of furan rings is 1. The number of aromatic nitrogens is 2. The van der Waals surface area contributed by atoms with Crippen molar-refractivity contribution in [2.24, 2.45) is 0 Å². The molecule has 0 aliphatic carbocycles. The third kappa shape index (κ3) is 4.78. The Labute approximate surface area is 174 Å². The molecule has 2 aromatic heterocycles. The quantitative estimate of drug-likeness (QED) is 0.601. The van der Waals surface area contributed by atoms with E-state index in [0.717, 1.165) is 41.0 Å². The van der Waals surface area contributed by atoms with E-state index >= 15 is 0 Å². The second-order valence-corrected chi connectivity index (χ2v) is 7.20. The Kier molecular flexibility index (Phi) is 5.53. The summed E-state index contributed by atoms with van der Waals surface area (Å²) in [6.07, 6.45) is 3.69. The summed E-state index contributed by atoms with van der Waals surface area (Å²) in [6.45, 7) is 5.01. The summed E-state index contributed by atoms with van der Waals surface area (Å²) in [6, 6.07) is 12.9. The van der Waals surface area contributed by atoms with Crippen LogP contribution in [0.4, 0.5) is 5.82 Å². The van der Waals surface area contributed by atoms with E-state index in [0.29, 0.717) is 10.8 Å². The molecule has 4 rings (SSSR count). The van der Waals surface area contributed by atoms with Crippen LogP contribution in [0, 0.1) is 6.92 Å². The molecule has 0 spiro atoms. The zero-order chi connectivity index (χ0) is 20.2. The number of anilines is 1. The molecule has 29 heavy (non-hydrogen) atoms. The Morgan fingerprint density at radius 3 is 2.76 bits per heavy atom. The Balaban J connectivity index is 1.50. The highest BCUT2D eigenvalue weighted by Gasteiger charge is 2.14. The van der Waals surface area contributed by atoms with Crippen molar-refractivity contribution in [2.75, 3.05) is 11.9 Å². The van der Waals surface area contributed by atoms with Gasteiger partial charge in [0, 0.05) is 29.0 Å². The molecule has 0 radical (unpaired) electrons. The van der Waals surface area contributed by atoms with Crippen LogP contribution in [0.25, 0.3) is 5.70 Å². The summed E-state index contributed by atoms with van der Waals surface area (Å²) in [4.78, 5) is 9.08. The molecule has 0 amide bonds. The maximum Gasteiger partial charge on any atom is 0.168 e. The molecule has 1 aliphatic rings. The monoisotopic (exact) mass is 408 g/mol. The van der Waals surface area contributed by atoms with Gasteiger partial charge in [0.2, 0.25) is 0 Å². The van der Waals surface area contributed by atoms with E-state index < -0.39 is 0 Å². The van der Waals surface area contributed by atoms with Gasteiger partial charge in [-0.25, -0.2) is 9.97 Å². The molecular weight excluding hydrogens is 388 g/mol. The highest BCUT2D eigenvalue weighted by molar-refractivity contribution is 6.30. The first kappa shape index (κ1) is 19.1. The molecule has 1 aromatic carbocycles. The second kappa shape index (κ2) is 8.41. The fourth-order valence-electron chi connectivity index (χ4n) is 2.95. The van der Waals surface area contributed by atoms with Crippen LogP contribution < -0.4 is 15.4 Å². The van der Waals surface area contributed by atoms with E-state index in [1.165, 1.54) is 5.57 Å². The minimum atomic E-state index is 0.269. The highest BCUT2D eigenvalue weighted by atomic mass is 35.5. The lowest BCUT2D eigenvalue weighted by Crippen LogP contribution is -2.22. The van der Waals surface area contributed by atoms with E-state index in [9.17, 15) is 0 Å². The number of halogens is 1. The van der Waals surface area contributed by atoms with E-state index in [4.69, 9.17) is 20.8 Å². The van der Waals surface area contributed by atoms with Gasteiger partial charge in [-0.3, -0.25) is 0 Å². The van der Waals surface area contributed by atoms with Gasteiger partial charge in [-0.15, -0.1) is 0 Å². The standard InChI is InChI=1S/C22H21ClN4O2/c1-14-12-24-19(20-4-3-9-28-20)11-18(14)26-21-10-15(2)25-22(27-21)13-29-17-7-5-16(23)6-8-17/h3-11,24H,12-13H2,1-2H3,(H,25,26,27). The highest BCUT2D eigenvalue weighted by Crippen LogP contribution is 2.22. The number of dihydropyridines is 1. The lowest BCUT2D eigenvalue weighted by atomic mass is 10.1. The van der Waals surface area contributed by atoms with Crippen molar-refractivity contribution in [2.45, 2.75) is 20.5 Å². The molecule has 0 fully saturated rings. The number of benzene rings is 1. The van der Waals surface area contributed by atoms with Crippen LogP contribution in [0.5, 0.6) is 5.75 Å². The third-order valence-electron chi connectivity index (χ3n) is 4.42. The van der Waals surface area contributed by atoms with E-state index in [1.807, 2.05) is 43.3 Å². The average molecular weight is 409 g/mol. The van der Waals surface area contributed by atoms with Crippen molar-refractivity contribution in [1.82, 2.24) is 15.3 Å². The van der Waals surface area contributed by atoms with Crippen LogP contribution >= 0.6 is 11.6 Å². The van der Waals surface area contributed by atoms with Gasteiger partial charge in [0.1, 0.15) is 23.9 Å². The van der Waals surface area contributed by atoms with Gasteiger partial charge in [0.05, 0.1) is 12.0 Å². The molecular formula is C22H21ClN4O2. The molecule has 1 aliphatic heterocycles. The number of nitrogens with zero attached hydrogens (tertiary/aromatic N) is 2. The predicted octanol–water partition coefficient (Wildman–Crippen LogP) is 4.94. The SMILES string of the molecule is CC1=C(Nc2cc(C)nc(COc3ccc(Cl)cc3)n2)C=C(c2ccco2)NC1. The van der Waals surface area contributed by atoms with Gasteiger partial charge >= 0.3 is 0 Å². The summed E-state index contributed by atoms with van der Waals surface area (Å²) in [7, 11) is 0. The van der Waals surface area contributed by atoms with Crippen molar-refractivity contribution >= 4 is 23.1 Å². The van der Waals surface area contributed by atoms with Crippen molar-refractivity contribution in [1.29, 1.82) is 0 Å². The Hall–Kier alpha value is -3.25. The Morgan fingerprint density at radius 2 is 2.00 bits per heavy atom. The fourth-order valence-corrected chi connectivity index (χ4v) is 3.08. The maximum absolute atomic E-state index is 5.91. The number of aryl methyl sites for hydroxylation is 1. The van der Waals surface area contributed by atoms with Gasteiger partial charge in [0.25, 0.3) is 0 Å². The molecule has 0 bridgehead atoms. The van der Waals surface area contributed by atoms with E-state index in [1.54, 1.807) is 18.4 Å². The average Bonchev–Trinajstić information content (AvgIpc) is 3.24. The number of hydrogen-bond acceptors (Lipinski definition) is 6. The number of nitrogens with one attached hydrogen (secondary N) is 2. The predicted molar refractivity (Wildman–Crippen MR) is 114 cm³/mol. The lowest BCUT2D eigenvalue weighted by Gasteiger charge is -2.20. The summed E-state index contributed by atoms with van der Waals surface area (Å²) < 4.78 is 11.3. The fraction of sp³-hybridized carbons (Fsp3) is 0.182. The van der Waals surface area contributed by atoms with Crippen LogP contribution in [0.3, 0.4) is 0 Å². The van der Waals surface area contributed by atoms with Gasteiger partial charge in [-0.2, -0.15) is 0 Å². The van der Waals surface area contributed by atoms with Gasteiger partial charge in [0.15, 0.2) is 5.82 Å². The summed E-state index contributed by atoms with van der Waals surface area (Å²) in [5, 5.41) is 7.44. The van der Waals surface area contributed by atoms with Crippen molar-refractivity contribution in [3.8, 4) is 5.75 Å². The van der Waals surface area contributed by atoms with E-state index in [2.05, 4.69) is 27.5 Å². The Morgan fingerprint density at radius 1 is 1.17 bits per heavy atom. The third-order valence-corrected chi connectivity index (χ3v) is 4.68.